The number of sulfonamides is 1. The Bertz CT molecular complexity index is 1470. The summed E-state index contributed by atoms with van der Waals surface area (Å²) in [5.41, 5.74) is 0.550. The first-order valence-electron chi connectivity index (χ1n) is 12.3. The molecule has 0 spiro atoms. The average molecular weight is 645 g/mol. The molecule has 0 heterocycles. The van der Waals surface area contributed by atoms with Crippen molar-refractivity contribution < 1.29 is 18.0 Å². The summed E-state index contributed by atoms with van der Waals surface area (Å²) < 4.78 is 28.5. The molecule has 40 heavy (non-hydrogen) atoms. The van der Waals surface area contributed by atoms with Gasteiger partial charge in [0, 0.05) is 28.2 Å². The lowest BCUT2D eigenvalue weighted by molar-refractivity contribution is -0.139. The zero-order valence-electron chi connectivity index (χ0n) is 22.1. The van der Waals surface area contributed by atoms with Crippen LogP contribution in [-0.4, -0.2) is 44.3 Å². The molecule has 0 fully saturated rings. The van der Waals surface area contributed by atoms with Crippen LogP contribution in [-0.2, 0) is 26.2 Å². The fraction of sp³-hybridized carbons (Fsp3) is 0.286. The average Bonchev–Trinajstić information content (AvgIpc) is 2.91. The minimum atomic E-state index is -4.28. The van der Waals surface area contributed by atoms with Crippen LogP contribution in [0, 0.1) is 5.92 Å². The van der Waals surface area contributed by atoms with Gasteiger partial charge in [-0.15, -0.1) is 0 Å². The van der Waals surface area contributed by atoms with Gasteiger partial charge in [0.15, 0.2) is 0 Å². The van der Waals surface area contributed by atoms with Crippen LogP contribution in [0.1, 0.15) is 26.3 Å². The van der Waals surface area contributed by atoms with Gasteiger partial charge in [-0.3, -0.25) is 13.9 Å². The first-order chi connectivity index (χ1) is 18.8. The number of rotatable bonds is 11. The van der Waals surface area contributed by atoms with E-state index in [9.17, 15) is 18.0 Å². The predicted octanol–water partition coefficient (Wildman–Crippen LogP) is 6.69. The lowest BCUT2D eigenvalue weighted by Gasteiger charge is -2.32. The summed E-state index contributed by atoms with van der Waals surface area (Å²) in [5, 5.41) is 3.84. The van der Waals surface area contributed by atoms with Crippen LogP contribution < -0.4 is 9.62 Å². The van der Waals surface area contributed by atoms with Crippen molar-refractivity contribution in [1.29, 1.82) is 0 Å². The largest absolute Gasteiger partial charge is 0.354 e. The Morgan fingerprint density at radius 2 is 1.48 bits per heavy atom. The first-order valence-corrected chi connectivity index (χ1v) is 15.3. The van der Waals surface area contributed by atoms with Gasteiger partial charge in [-0.25, -0.2) is 8.42 Å². The molecule has 3 aromatic rings. The van der Waals surface area contributed by atoms with Crippen LogP contribution in [0.25, 0.3) is 0 Å². The Morgan fingerprint density at radius 3 is 2.10 bits per heavy atom. The van der Waals surface area contributed by atoms with Crippen molar-refractivity contribution in [2.24, 2.45) is 5.92 Å². The lowest BCUT2D eigenvalue weighted by Crippen LogP contribution is -2.51. The number of anilines is 1. The monoisotopic (exact) mass is 643 g/mol. The van der Waals surface area contributed by atoms with Crippen molar-refractivity contribution in [3.8, 4) is 0 Å². The number of nitrogens with one attached hydrogen (secondary N) is 1. The molecule has 0 aromatic heterocycles. The maximum Gasteiger partial charge on any atom is 0.264 e. The topological polar surface area (TPSA) is 86.8 Å². The molecule has 0 aliphatic heterocycles. The van der Waals surface area contributed by atoms with E-state index in [1.165, 1.54) is 41.3 Å². The fourth-order valence-corrected chi connectivity index (χ4v) is 6.13. The van der Waals surface area contributed by atoms with Crippen LogP contribution >= 0.6 is 46.4 Å². The Morgan fingerprint density at radius 1 is 0.850 bits per heavy atom. The molecule has 0 radical (unpaired) electrons. The van der Waals surface area contributed by atoms with Crippen molar-refractivity contribution in [2.45, 2.75) is 38.3 Å². The molecule has 7 nitrogen and oxygen atoms in total. The third-order valence-electron chi connectivity index (χ3n) is 5.99. The van der Waals surface area contributed by atoms with Crippen molar-refractivity contribution in [3.63, 3.8) is 0 Å². The number of benzene rings is 3. The fourth-order valence-electron chi connectivity index (χ4n) is 3.78. The SMILES string of the molecule is CC(C)CNC(=O)C(C)N(Cc1ccc(Cl)cc1Cl)C(=O)CN(c1cc(Cl)ccc1Cl)S(=O)(=O)c1ccccc1. The van der Waals surface area contributed by atoms with Gasteiger partial charge < -0.3 is 10.2 Å². The van der Waals surface area contributed by atoms with Crippen molar-refractivity contribution in [3.05, 3.63) is 92.4 Å². The Balaban J connectivity index is 2.06. The summed E-state index contributed by atoms with van der Waals surface area (Å²) in [7, 11) is -4.28. The first kappa shape index (κ1) is 32.0. The van der Waals surface area contributed by atoms with E-state index in [1.807, 2.05) is 13.8 Å². The van der Waals surface area contributed by atoms with Crippen LogP contribution in [0.4, 0.5) is 5.69 Å². The molecule has 0 saturated carbocycles. The van der Waals surface area contributed by atoms with Gasteiger partial charge >= 0.3 is 0 Å². The summed E-state index contributed by atoms with van der Waals surface area (Å²) in [6.07, 6.45) is 0. The second-order valence-corrected chi connectivity index (χ2v) is 13.0. The molecule has 3 aromatic carbocycles. The highest BCUT2D eigenvalue weighted by Crippen LogP contribution is 2.33. The molecule has 1 atom stereocenters. The van der Waals surface area contributed by atoms with Crippen LogP contribution in [0.15, 0.2) is 71.6 Å². The molecule has 1 unspecified atom stereocenters. The Labute approximate surface area is 255 Å². The van der Waals surface area contributed by atoms with Crippen LogP contribution in [0.5, 0.6) is 0 Å². The summed E-state index contributed by atoms with van der Waals surface area (Å²) in [5.74, 6) is -0.873. The van der Waals surface area contributed by atoms with Crippen molar-refractivity contribution in [1.82, 2.24) is 10.2 Å². The highest BCUT2D eigenvalue weighted by Gasteiger charge is 2.33. The van der Waals surface area contributed by atoms with E-state index >= 15 is 0 Å². The molecule has 1 N–H and O–H groups in total. The highest BCUT2D eigenvalue weighted by atomic mass is 35.5. The second-order valence-electron chi connectivity index (χ2n) is 9.49. The van der Waals surface area contributed by atoms with Crippen molar-refractivity contribution in [2.75, 3.05) is 17.4 Å². The maximum absolute atomic E-state index is 14.0. The van der Waals surface area contributed by atoms with Gasteiger partial charge in [-0.05, 0) is 60.9 Å². The summed E-state index contributed by atoms with van der Waals surface area (Å²) in [4.78, 5) is 28.3. The highest BCUT2D eigenvalue weighted by molar-refractivity contribution is 7.92. The molecule has 3 rings (SSSR count). The standard InChI is InChI=1S/C28H29Cl4N3O4S/c1-18(2)15-33-28(37)19(3)34(16-20-9-10-21(29)13-25(20)32)27(36)17-35(26-14-22(30)11-12-24(26)31)40(38,39)23-7-5-4-6-8-23/h4-14,18-19H,15-17H2,1-3H3,(H,33,37). The molecule has 0 aliphatic rings. The molecule has 214 valence electrons. The summed E-state index contributed by atoms with van der Waals surface area (Å²) in [6.45, 7) is 5.13. The van der Waals surface area contributed by atoms with Gasteiger partial charge in [-0.1, -0.05) is 84.5 Å². The molecule has 12 heteroatoms. The van der Waals surface area contributed by atoms with E-state index in [0.717, 1.165) is 4.31 Å². The summed E-state index contributed by atoms with van der Waals surface area (Å²) in [6, 6.07) is 15.8. The van der Waals surface area contributed by atoms with E-state index in [4.69, 9.17) is 46.4 Å². The normalized spacial score (nSPS) is 12.2. The van der Waals surface area contributed by atoms with Gasteiger partial charge in [0.05, 0.1) is 15.6 Å². The van der Waals surface area contributed by atoms with Crippen LogP contribution in [0.3, 0.4) is 0 Å². The lowest BCUT2D eigenvalue weighted by atomic mass is 10.1. The number of halogens is 4. The maximum atomic E-state index is 14.0. The number of hydrogen-bond donors (Lipinski definition) is 1. The zero-order chi connectivity index (χ0) is 29.6. The Hall–Kier alpha value is -2.49. The third-order valence-corrected chi connectivity index (χ3v) is 8.91. The quantitative estimate of drug-likeness (QED) is 0.252. The minimum absolute atomic E-state index is 0.0211. The molecular weight excluding hydrogens is 616 g/mol. The summed E-state index contributed by atoms with van der Waals surface area (Å²) >= 11 is 25.0. The smallest absolute Gasteiger partial charge is 0.264 e. The van der Waals surface area contributed by atoms with Gasteiger partial charge in [-0.2, -0.15) is 0 Å². The second kappa shape index (κ2) is 13.9. The molecule has 2 amide bonds. The number of amides is 2. The van der Waals surface area contributed by atoms with Gasteiger partial charge in [0.1, 0.15) is 12.6 Å². The van der Waals surface area contributed by atoms with Crippen LogP contribution in [0.2, 0.25) is 20.1 Å². The molecule has 0 aliphatic carbocycles. The minimum Gasteiger partial charge on any atom is -0.354 e. The predicted molar refractivity (Wildman–Crippen MR) is 162 cm³/mol. The zero-order valence-corrected chi connectivity index (χ0v) is 25.9. The third kappa shape index (κ3) is 8.04. The molecular formula is C28H29Cl4N3O4S. The van der Waals surface area contributed by atoms with E-state index in [1.54, 1.807) is 37.3 Å². The number of carbonyl (C=O) groups is 2. The molecule has 0 saturated heterocycles. The van der Waals surface area contributed by atoms with Gasteiger partial charge in [0.2, 0.25) is 11.8 Å². The number of nitrogens with zero attached hydrogens (tertiary/aromatic N) is 2. The number of carbonyl (C=O) groups excluding carboxylic acids is 2. The molecule has 0 bridgehead atoms. The van der Waals surface area contributed by atoms with E-state index in [0.29, 0.717) is 22.2 Å². The van der Waals surface area contributed by atoms with Crippen molar-refractivity contribution >= 4 is 73.9 Å². The van der Waals surface area contributed by atoms with E-state index in [2.05, 4.69) is 5.32 Å². The van der Waals surface area contributed by atoms with E-state index < -0.39 is 34.4 Å². The van der Waals surface area contributed by atoms with E-state index in [-0.39, 0.29) is 33.1 Å². The number of hydrogen-bond acceptors (Lipinski definition) is 4. The van der Waals surface area contributed by atoms with Gasteiger partial charge in [0.25, 0.3) is 10.0 Å². The Kier molecular flexibility index (Phi) is 11.1.